The molecule has 2 aromatic heterocycles. The smallest absolute Gasteiger partial charge is 0.152 e. The zero-order chi connectivity index (χ0) is 21.3. The molecule has 0 radical (unpaired) electrons. The van der Waals surface area contributed by atoms with Crippen LogP contribution in [-0.2, 0) is 13.0 Å². The Kier molecular flexibility index (Phi) is 5.28. The van der Waals surface area contributed by atoms with Gasteiger partial charge in [0.1, 0.15) is 28.9 Å². The van der Waals surface area contributed by atoms with Gasteiger partial charge in [0, 0.05) is 24.4 Å². The molecule has 0 fully saturated rings. The van der Waals surface area contributed by atoms with E-state index in [1.807, 2.05) is 30.3 Å². The number of rotatable bonds is 6. The summed E-state index contributed by atoms with van der Waals surface area (Å²) in [6, 6.07) is 15.1. The molecule has 6 nitrogen and oxygen atoms in total. The minimum Gasteiger partial charge on any atom is -0.456 e. The molecule has 0 aliphatic heterocycles. The van der Waals surface area contributed by atoms with Gasteiger partial charge in [-0.15, -0.1) is 0 Å². The van der Waals surface area contributed by atoms with E-state index in [1.54, 1.807) is 12.1 Å². The van der Waals surface area contributed by atoms with Crippen molar-refractivity contribution in [3.63, 3.8) is 0 Å². The van der Waals surface area contributed by atoms with Crippen LogP contribution in [-0.4, -0.2) is 14.5 Å². The summed E-state index contributed by atoms with van der Waals surface area (Å²) in [6.45, 7) is 7.43. The first-order chi connectivity index (χ1) is 14.5. The highest BCUT2D eigenvalue weighted by Gasteiger charge is 2.18. The number of ether oxygens (including phenoxy) is 1. The molecule has 2 aromatic carbocycles. The number of anilines is 1. The van der Waals surface area contributed by atoms with E-state index < -0.39 is 0 Å². The van der Waals surface area contributed by atoms with Crippen LogP contribution in [0.3, 0.4) is 0 Å². The Morgan fingerprint density at radius 1 is 1.17 bits per heavy atom. The van der Waals surface area contributed by atoms with Crippen LogP contribution in [0.25, 0.3) is 21.9 Å². The molecule has 4 aromatic rings. The average molecular weight is 399 g/mol. The first-order valence-corrected chi connectivity index (χ1v) is 10.3. The van der Waals surface area contributed by atoms with E-state index in [0.29, 0.717) is 28.8 Å². The van der Waals surface area contributed by atoms with Gasteiger partial charge >= 0.3 is 0 Å². The molecule has 4 rings (SSSR count). The third-order valence-corrected chi connectivity index (χ3v) is 5.01. The van der Waals surface area contributed by atoms with Crippen LogP contribution in [0.4, 0.5) is 5.82 Å². The van der Waals surface area contributed by atoms with E-state index in [-0.39, 0.29) is 0 Å². The SMILES string of the molecule is CCCc1nc2c(N)nc3cc(Oc4ccccc4C#N)ccc3c2n1CC(C)C. The highest BCUT2D eigenvalue weighted by atomic mass is 16.5. The van der Waals surface area contributed by atoms with E-state index in [2.05, 4.69) is 36.4 Å². The number of hydrogen-bond donors (Lipinski definition) is 1. The van der Waals surface area contributed by atoms with E-state index in [0.717, 1.165) is 47.1 Å². The van der Waals surface area contributed by atoms with Gasteiger partial charge in [0.05, 0.1) is 16.6 Å². The van der Waals surface area contributed by atoms with Crippen molar-refractivity contribution in [3.8, 4) is 17.6 Å². The Morgan fingerprint density at radius 2 is 1.97 bits per heavy atom. The van der Waals surface area contributed by atoms with Gasteiger partial charge in [-0.2, -0.15) is 5.26 Å². The molecule has 0 unspecified atom stereocenters. The number of nitrogen functional groups attached to an aromatic ring is 1. The summed E-state index contributed by atoms with van der Waals surface area (Å²) in [5.74, 6) is 3.08. The van der Waals surface area contributed by atoms with Crippen molar-refractivity contribution in [3.05, 3.63) is 53.9 Å². The highest BCUT2D eigenvalue weighted by Crippen LogP contribution is 2.33. The molecule has 0 aliphatic carbocycles. The fourth-order valence-electron chi connectivity index (χ4n) is 3.75. The molecule has 0 atom stereocenters. The molecule has 0 aliphatic rings. The van der Waals surface area contributed by atoms with Crippen LogP contribution < -0.4 is 10.5 Å². The number of fused-ring (bicyclic) bond motifs is 3. The van der Waals surface area contributed by atoms with Crippen molar-refractivity contribution in [2.75, 3.05) is 5.73 Å². The number of nitrogens with two attached hydrogens (primary N) is 1. The van der Waals surface area contributed by atoms with Gasteiger partial charge in [-0.3, -0.25) is 0 Å². The van der Waals surface area contributed by atoms with Crippen molar-refractivity contribution in [2.45, 2.75) is 40.2 Å². The largest absolute Gasteiger partial charge is 0.456 e. The van der Waals surface area contributed by atoms with Gasteiger partial charge in [-0.25, -0.2) is 9.97 Å². The zero-order valence-electron chi connectivity index (χ0n) is 17.5. The third kappa shape index (κ3) is 3.55. The second-order valence-corrected chi connectivity index (χ2v) is 7.87. The lowest BCUT2D eigenvalue weighted by atomic mass is 10.1. The van der Waals surface area contributed by atoms with Crippen LogP contribution in [0.2, 0.25) is 0 Å². The normalized spacial score (nSPS) is 11.3. The number of pyridine rings is 1. The summed E-state index contributed by atoms with van der Waals surface area (Å²) in [4.78, 5) is 9.43. The molecule has 30 heavy (non-hydrogen) atoms. The second kappa shape index (κ2) is 8.03. The minimum absolute atomic E-state index is 0.423. The summed E-state index contributed by atoms with van der Waals surface area (Å²) in [5, 5.41) is 10.3. The summed E-state index contributed by atoms with van der Waals surface area (Å²) in [6.07, 6.45) is 1.91. The van der Waals surface area contributed by atoms with E-state index in [9.17, 15) is 5.26 Å². The van der Waals surface area contributed by atoms with E-state index >= 15 is 0 Å². The van der Waals surface area contributed by atoms with Gasteiger partial charge in [0.2, 0.25) is 0 Å². The monoisotopic (exact) mass is 399 g/mol. The van der Waals surface area contributed by atoms with Gasteiger partial charge in [0.15, 0.2) is 5.82 Å². The fourth-order valence-corrected chi connectivity index (χ4v) is 3.75. The molecular formula is C24H25N5O. The number of aromatic nitrogens is 3. The van der Waals surface area contributed by atoms with Crippen molar-refractivity contribution in [1.82, 2.24) is 14.5 Å². The molecule has 0 amide bonds. The summed E-state index contributed by atoms with van der Waals surface area (Å²) < 4.78 is 8.26. The lowest BCUT2D eigenvalue weighted by Crippen LogP contribution is -2.09. The van der Waals surface area contributed by atoms with Crippen molar-refractivity contribution >= 4 is 27.8 Å². The standard InChI is InChI=1S/C24H25N5O/c1-4-7-21-28-22-23(29(21)14-15(2)3)18-11-10-17(12-19(18)27-24(22)26)30-20-9-6-5-8-16(20)13-25/h5-6,8-12,15H,4,7,14H2,1-3H3,(H2,26,27). The number of para-hydroxylation sites is 1. The first-order valence-electron chi connectivity index (χ1n) is 10.3. The number of benzene rings is 2. The summed E-state index contributed by atoms with van der Waals surface area (Å²) >= 11 is 0. The van der Waals surface area contributed by atoms with Crippen LogP contribution in [0, 0.1) is 17.2 Å². The Labute approximate surface area is 175 Å². The van der Waals surface area contributed by atoms with Gasteiger partial charge < -0.3 is 15.0 Å². The molecule has 0 bridgehead atoms. The Hall–Kier alpha value is -3.59. The fraction of sp³-hybridized carbons (Fsp3) is 0.292. The lowest BCUT2D eigenvalue weighted by Gasteiger charge is -2.13. The van der Waals surface area contributed by atoms with Crippen molar-refractivity contribution < 1.29 is 4.74 Å². The van der Waals surface area contributed by atoms with Crippen LogP contribution in [0.15, 0.2) is 42.5 Å². The van der Waals surface area contributed by atoms with Crippen LogP contribution >= 0.6 is 0 Å². The molecule has 2 N–H and O–H groups in total. The van der Waals surface area contributed by atoms with Crippen molar-refractivity contribution in [2.24, 2.45) is 5.92 Å². The summed E-state index contributed by atoms with van der Waals surface area (Å²) in [5.41, 5.74) is 9.33. The quantitative estimate of drug-likeness (QED) is 0.466. The molecule has 6 heteroatoms. The maximum Gasteiger partial charge on any atom is 0.152 e. The predicted molar refractivity (Wildman–Crippen MR) is 120 cm³/mol. The number of aryl methyl sites for hydroxylation is 1. The van der Waals surface area contributed by atoms with Crippen molar-refractivity contribution in [1.29, 1.82) is 5.26 Å². The van der Waals surface area contributed by atoms with Gasteiger partial charge in [-0.1, -0.05) is 32.9 Å². The zero-order valence-corrected chi connectivity index (χ0v) is 17.5. The van der Waals surface area contributed by atoms with E-state index in [4.69, 9.17) is 15.5 Å². The second-order valence-electron chi connectivity index (χ2n) is 7.87. The maximum absolute atomic E-state index is 9.30. The van der Waals surface area contributed by atoms with Crippen LogP contribution in [0.5, 0.6) is 11.5 Å². The van der Waals surface area contributed by atoms with Gasteiger partial charge in [-0.05, 0) is 36.6 Å². The molecule has 152 valence electrons. The van der Waals surface area contributed by atoms with Crippen LogP contribution in [0.1, 0.15) is 38.6 Å². The number of nitriles is 1. The third-order valence-electron chi connectivity index (χ3n) is 5.01. The predicted octanol–water partition coefficient (Wildman–Crippen LogP) is 5.44. The Morgan fingerprint density at radius 3 is 2.70 bits per heavy atom. The highest BCUT2D eigenvalue weighted by molar-refractivity contribution is 6.07. The average Bonchev–Trinajstić information content (AvgIpc) is 3.07. The number of hydrogen-bond acceptors (Lipinski definition) is 5. The molecular weight excluding hydrogens is 374 g/mol. The molecule has 0 saturated carbocycles. The molecule has 0 saturated heterocycles. The molecule has 0 spiro atoms. The number of imidazole rings is 1. The minimum atomic E-state index is 0.423. The molecule has 2 heterocycles. The van der Waals surface area contributed by atoms with Gasteiger partial charge in [0.25, 0.3) is 0 Å². The first kappa shape index (κ1) is 19.7. The Bertz CT molecular complexity index is 1270. The Balaban J connectivity index is 1.87. The lowest BCUT2D eigenvalue weighted by molar-refractivity contribution is 0.482. The summed E-state index contributed by atoms with van der Waals surface area (Å²) in [7, 11) is 0. The number of nitrogens with zero attached hydrogens (tertiary/aromatic N) is 4. The van der Waals surface area contributed by atoms with E-state index in [1.165, 1.54) is 0 Å². The topological polar surface area (TPSA) is 89.8 Å². The maximum atomic E-state index is 9.30.